The van der Waals surface area contributed by atoms with Crippen LogP contribution in [0.4, 0.5) is 5.69 Å². The molecule has 0 spiro atoms. The highest BCUT2D eigenvalue weighted by Crippen LogP contribution is 2.17. The zero-order chi connectivity index (χ0) is 12.3. The maximum Gasteiger partial charge on any atom is 0.0340 e. The number of rotatable bonds is 3. The van der Waals surface area contributed by atoms with Gasteiger partial charge in [0.1, 0.15) is 0 Å². The summed E-state index contributed by atoms with van der Waals surface area (Å²) in [7, 11) is 1.96. The Morgan fingerprint density at radius 2 is 2.29 bits per heavy atom. The van der Waals surface area contributed by atoms with Crippen molar-refractivity contribution in [2.75, 3.05) is 32.0 Å². The van der Waals surface area contributed by atoms with Gasteiger partial charge < -0.3 is 10.6 Å². The number of benzene rings is 1. The zero-order valence-corrected chi connectivity index (χ0v) is 11.1. The molecule has 2 N–H and O–H groups in total. The Morgan fingerprint density at radius 1 is 1.47 bits per heavy atom. The fraction of sp³-hybridized carbons (Fsp3) is 0.571. The van der Waals surface area contributed by atoms with Crippen LogP contribution in [0.3, 0.4) is 0 Å². The van der Waals surface area contributed by atoms with E-state index in [4.69, 9.17) is 0 Å². The first kappa shape index (κ1) is 12.4. The Bertz CT molecular complexity index is 376. The summed E-state index contributed by atoms with van der Waals surface area (Å²) in [5.74, 6) is 0. The van der Waals surface area contributed by atoms with E-state index in [2.05, 4.69) is 47.6 Å². The highest BCUT2D eigenvalue weighted by molar-refractivity contribution is 5.47. The van der Waals surface area contributed by atoms with Crippen LogP contribution in [-0.2, 0) is 6.54 Å². The molecule has 3 nitrogen and oxygen atoms in total. The molecular weight excluding hydrogens is 210 g/mol. The van der Waals surface area contributed by atoms with Crippen molar-refractivity contribution in [3.05, 3.63) is 29.3 Å². The van der Waals surface area contributed by atoms with Gasteiger partial charge in [-0.2, -0.15) is 0 Å². The highest BCUT2D eigenvalue weighted by Gasteiger charge is 2.16. The van der Waals surface area contributed by atoms with Gasteiger partial charge in [-0.1, -0.05) is 6.07 Å². The predicted molar refractivity (Wildman–Crippen MR) is 73.5 cm³/mol. The second-order valence-corrected chi connectivity index (χ2v) is 4.98. The van der Waals surface area contributed by atoms with Crippen molar-refractivity contribution in [3.8, 4) is 0 Å². The fourth-order valence-corrected chi connectivity index (χ4v) is 2.43. The summed E-state index contributed by atoms with van der Waals surface area (Å²) in [6, 6.07) is 7.24. The molecular formula is C14H23N3. The average molecular weight is 233 g/mol. The molecule has 94 valence electrons. The molecule has 1 saturated heterocycles. The minimum Gasteiger partial charge on any atom is -0.388 e. The molecule has 0 aromatic heterocycles. The van der Waals surface area contributed by atoms with E-state index in [0.717, 1.165) is 26.2 Å². The van der Waals surface area contributed by atoms with Crippen LogP contribution in [0.25, 0.3) is 0 Å². The van der Waals surface area contributed by atoms with Gasteiger partial charge in [-0.3, -0.25) is 4.90 Å². The first-order chi connectivity index (χ1) is 8.19. The van der Waals surface area contributed by atoms with Gasteiger partial charge >= 0.3 is 0 Å². The Kier molecular flexibility index (Phi) is 4.02. The Balaban J connectivity index is 2.02. The molecule has 1 aromatic carbocycles. The quantitative estimate of drug-likeness (QED) is 0.834. The van der Waals surface area contributed by atoms with Gasteiger partial charge in [0, 0.05) is 45.0 Å². The smallest absolute Gasteiger partial charge is 0.0340 e. The first-order valence-electron chi connectivity index (χ1n) is 6.42. The van der Waals surface area contributed by atoms with Crippen molar-refractivity contribution < 1.29 is 0 Å². The molecule has 0 bridgehead atoms. The van der Waals surface area contributed by atoms with Gasteiger partial charge in [0.05, 0.1) is 0 Å². The number of hydrogen-bond acceptors (Lipinski definition) is 3. The van der Waals surface area contributed by atoms with E-state index < -0.39 is 0 Å². The molecule has 1 atom stereocenters. The molecule has 1 aromatic rings. The summed E-state index contributed by atoms with van der Waals surface area (Å²) in [4.78, 5) is 2.53. The number of aryl methyl sites for hydroxylation is 1. The number of nitrogens with zero attached hydrogens (tertiary/aromatic N) is 1. The van der Waals surface area contributed by atoms with Crippen LogP contribution in [0.5, 0.6) is 0 Å². The standard InChI is InChI=1S/C14H23N3/c1-11-8-14(15-3)5-4-13(11)10-17-7-6-16-12(2)9-17/h4-5,8,12,15-16H,6-7,9-10H2,1-3H3/t12-/m0/s1. The molecule has 3 heteroatoms. The summed E-state index contributed by atoms with van der Waals surface area (Å²) in [5.41, 5.74) is 4.01. The van der Waals surface area contributed by atoms with Gasteiger partial charge in [0.2, 0.25) is 0 Å². The van der Waals surface area contributed by atoms with Crippen LogP contribution < -0.4 is 10.6 Å². The van der Waals surface area contributed by atoms with Crippen molar-refractivity contribution in [2.24, 2.45) is 0 Å². The van der Waals surface area contributed by atoms with E-state index in [1.54, 1.807) is 0 Å². The molecule has 0 unspecified atom stereocenters. The summed E-state index contributed by atoms with van der Waals surface area (Å²) in [5, 5.41) is 6.66. The third-order valence-electron chi connectivity index (χ3n) is 3.48. The largest absolute Gasteiger partial charge is 0.388 e. The minimum absolute atomic E-state index is 0.612. The molecule has 1 heterocycles. The zero-order valence-electron chi connectivity index (χ0n) is 11.1. The molecule has 1 aliphatic rings. The lowest BCUT2D eigenvalue weighted by atomic mass is 10.1. The van der Waals surface area contributed by atoms with E-state index in [0.29, 0.717) is 6.04 Å². The second kappa shape index (κ2) is 5.52. The molecule has 0 amide bonds. The lowest BCUT2D eigenvalue weighted by molar-refractivity contribution is 0.199. The highest BCUT2D eigenvalue weighted by atomic mass is 15.2. The van der Waals surface area contributed by atoms with E-state index in [1.807, 2.05) is 7.05 Å². The Morgan fingerprint density at radius 3 is 2.94 bits per heavy atom. The van der Waals surface area contributed by atoms with Gasteiger partial charge in [-0.25, -0.2) is 0 Å². The monoisotopic (exact) mass is 233 g/mol. The van der Waals surface area contributed by atoms with E-state index in [9.17, 15) is 0 Å². The minimum atomic E-state index is 0.612. The van der Waals surface area contributed by atoms with Crippen molar-refractivity contribution in [2.45, 2.75) is 26.4 Å². The Hall–Kier alpha value is -1.06. The van der Waals surface area contributed by atoms with Gasteiger partial charge in [0.25, 0.3) is 0 Å². The van der Waals surface area contributed by atoms with Crippen molar-refractivity contribution in [1.82, 2.24) is 10.2 Å². The number of piperazine rings is 1. The van der Waals surface area contributed by atoms with Crippen LogP contribution >= 0.6 is 0 Å². The third-order valence-corrected chi connectivity index (χ3v) is 3.48. The predicted octanol–water partition coefficient (Wildman–Crippen LogP) is 1.83. The summed E-state index contributed by atoms with van der Waals surface area (Å²) in [6.07, 6.45) is 0. The van der Waals surface area contributed by atoms with Crippen LogP contribution in [0.15, 0.2) is 18.2 Å². The number of anilines is 1. The molecule has 2 rings (SSSR count). The van der Waals surface area contributed by atoms with Gasteiger partial charge in [-0.15, -0.1) is 0 Å². The molecule has 0 radical (unpaired) electrons. The topological polar surface area (TPSA) is 27.3 Å². The lowest BCUT2D eigenvalue weighted by Crippen LogP contribution is -2.48. The number of hydrogen-bond donors (Lipinski definition) is 2. The molecule has 17 heavy (non-hydrogen) atoms. The van der Waals surface area contributed by atoms with Crippen LogP contribution in [0.2, 0.25) is 0 Å². The van der Waals surface area contributed by atoms with Crippen molar-refractivity contribution in [1.29, 1.82) is 0 Å². The average Bonchev–Trinajstić information content (AvgIpc) is 2.32. The van der Waals surface area contributed by atoms with Crippen LogP contribution in [0.1, 0.15) is 18.1 Å². The van der Waals surface area contributed by atoms with Gasteiger partial charge in [0.15, 0.2) is 0 Å². The molecule has 0 saturated carbocycles. The maximum absolute atomic E-state index is 3.48. The Labute approximate surface area is 104 Å². The van der Waals surface area contributed by atoms with Crippen molar-refractivity contribution in [3.63, 3.8) is 0 Å². The SMILES string of the molecule is CNc1ccc(CN2CCN[C@@H](C)C2)c(C)c1. The fourth-order valence-electron chi connectivity index (χ4n) is 2.43. The second-order valence-electron chi connectivity index (χ2n) is 4.98. The molecule has 0 aliphatic carbocycles. The van der Waals surface area contributed by atoms with E-state index in [1.165, 1.54) is 16.8 Å². The van der Waals surface area contributed by atoms with Crippen LogP contribution in [-0.4, -0.2) is 37.6 Å². The van der Waals surface area contributed by atoms with Gasteiger partial charge in [-0.05, 0) is 37.1 Å². The number of nitrogens with one attached hydrogen (secondary N) is 2. The third kappa shape index (κ3) is 3.20. The summed E-state index contributed by atoms with van der Waals surface area (Å²) < 4.78 is 0. The summed E-state index contributed by atoms with van der Waals surface area (Å²) >= 11 is 0. The maximum atomic E-state index is 3.48. The summed E-state index contributed by atoms with van der Waals surface area (Å²) in [6.45, 7) is 8.92. The lowest BCUT2D eigenvalue weighted by Gasteiger charge is -2.32. The van der Waals surface area contributed by atoms with Crippen LogP contribution in [0, 0.1) is 6.92 Å². The normalized spacial score (nSPS) is 21.5. The van der Waals surface area contributed by atoms with Crippen molar-refractivity contribution >= 4 is 5.69 Å². The van der Waals surface area contributed by atoms with E-state index >= 15 is 0 Å². The molecule has 1 aliphatic heterocycles. The first-order valence-corrected chi connectivity index (χ1v) is 6.42. The van der Waals surface area contributed by atoms with E-state index in [-0.39, 0.29) is 0 Å². The molecule has 1 fully saturated rings.